The summed E-state index contributed by atoms with van der Waals surface area (Å²) in [6.07, 6.45) is 2.24. The predicted octanol–water partition coefficient (Wildman–Crippen LogP) is 4.66. The lowest BCUT2D eigenvalue weighted by Crippen LogP contribution is -2.35. The zero-order valence-electron chi connectivity index (χ0n) is 12.4. The van der Waals surface area contributed by atoms with E-state index in [1.807, 2.05) is 36.9 Å². The molecule has 0 radical (unpaired) electrons. The average Bonchev–Trinajstić information content (AvgIpc) is 2.42. The predicted molar refractivity (Wildman–Crippen MR) is 84.5 cm³/mol. The first-order chi connectivity index (χ1) is 9.03. The number of hydrogen-bond donors (Lipinski definition) is 0. The molecule has 0 heterocycles. The van der Waals surface area contributed by atoms with E-state index in [9.17, 15) is 4.79 Å². The zero-order valence-corrected chi connectivity index (χ0v) is 14.0. The molecule has 0 saturated heterocycles. The van der Waals surface area contributed by atoms with Gasteiger partial charge in [0.25, 0.3) is 5.91 Å². The summed E-state index contributed by atoms with van der Waals surface area (Å²) in [6.45, 7) is 10.0. The molecular weight excluding hydrogens is 302 g/mol. The zero-order chi connectivity index (χ0) is 14.4. The molecule has 106 valence electrons. The second-order valence-corrected chi connectivity index (χ2v) is 5.86. The van der Waals surface area contributed by atoms with E-state index in [0.29, 0.717) is 5.92 Å². The van der Waals surface area contributed by atoms with Gasteiger partial charge in [-0.2, -0.15) is 0 Å². The Bertz CT molecular complexity index is 427. The second-order valence-electron chi connectivity index (χ2n) is 5.01. The summed E-state index contributed by atoms with van der Waals surface area (Å²) < 4.78 is 0.881. The molecule has 0 spiro atoms. The van der Waals surface area contributed by atoms with Crippen LogP contribution in [-0.2, 0) is 0 Å². The third kappa shape index (κ3) is 4.34. The summed E-state index contributed by atoms with van der Waals surface area (Å²) >= 11 is 3.48. The van der Waals surface area contributed by atoms with Gasteiger partial charge in [-0.25, -0.2) is 0 Å². The topological polar surface area (TPSA) is 20.3 Å². The van der Waals surface area contributed by atoms with E-state index in [4.69, 9.17) is 0 Å². The van der Waals surface area contributed by atoms with Crippen LogP contribution < -0.4 is 0 Å². The second kappa shape index (κ2) is 7.68. The molecule has 1 rings (SSSR count). The molecule has 0 unspecified atom stereocenters. The van der Waals surface area contributed by atoms with Gasteiger partial charge in [-0.15, -0.1) is 0 Å². The first-order valence-electron chi connectivity index (χ1n) is 7.08. The number of benzene rings is 1. The summed E-state index contributed by atoms with van der Waals surface area (Å²) in [5, 5.41) is 0. The Hall–Kier alpha value is -0.830. The van der Waals surface area contributed by atoms with Gasteiger partial charge in [-0.1, -0.05) is 38.3 Å². The van der Waals surface area contributed by atoms with Crippen LogP contribution in [0.5, 0.6) is 0 Å². The first-order valence-corrected chi connectivity index (χ1v) is 7.88. The number of carbonyl (C=O) groups is 1. The van der Waals surface area contributed by atoms with Crippen molar-refractivity contribution in [2.45, 2.75) is 40.5 Å². The van der Waals surface area contributed by atoms with E-state index < -0.39 is 0 Å². The van der Waals surface area contributed by atoms with Gasteiger partial charge < -0.3 is 4.90 Å². The number of rotatable bonds is 6. The largest absolute Gasteiger partial charge is 0.339 e. The molecule has 0 aromatic heterocycles. The smallest absolute Gasteiger partial charge is 0.255 e. The van der Waals surface area contributed by atoms with Gasteiger partial charge in [0.15, 0.2) is 0 Å². The lowest BCUT2D eigenvalue weighted by Gasteiger charge is -2.26. The van der Waals surface area contributed by atoms with E-state index in [2.05, 4.69) is 29.8 Å². The van der Waals surface area contributed by atoms with Crippen molar-refractivity contribution >= 4 is 21.8 Å². The molecule has 0 N–H and O–H groups in total. The van der Waals surface area contributed by atoms with E-state index in [1.165, 1.54) is 0 Å². The molecule has 0 bridgehead atoms. The van der Waals surface area contributed by atoms with Gasteiger partial charge in [0.2, 0.25) is 0 Å². The van der Waals surface area contributed by atoms with E-state index >= 15 is 0 Å². The third-order valence-corrected chi connectivity index (χ3v) is 4.35. The molecule has 1 amide bonds. The minimum atomic E-state index is 0.130. The van der Waals surface area contributed by atoms with Crippen LogP contribution in [0.2, 0.25) is 0 Å². The SMILES string of the molecule is CCC(CC)CN(CC)C(=O)c1cc(C)ccc1Br. The van der Waals surface area contributed by atoms with Gasteiger partial charge in [-0.3, -0.25) is 4.79 Å². The summed E-state index contributed by atoms with van der Waals surface area (Å²) in [5.41, 5.74) is 1.89. The van der Waals surface area contributed by atoms with Crippen molar-refractivity contribution in [3.8, 4) is 0 Å². The van der Waals surface area contributed by atoms with Crippen LogP contribution in [0.4, 0.5) is 0 Å². The van der Waals surface area contributed by atoms with Crippen molar-refractivity contribution in [2.75, 3.05) is 13.1 Å². The molecule has 2 nitrogen and oxygen atoms in total. The van der Waals surface area contributed by atoms with Crippen molar-refractivity contribution in [2.24, 2.45) is 5.92 Å². The highest BCUT2D eigenvalue weighted by atomic mass is 79.9. The number of nitrogens with zero attached hydrogens (tertiary/aromatic N) is 1. The highest BCUT2D eigenvalue weighted by molar-refractivity contribution is 9.10. The number of amides is 1. The third-order valence-electron chi connectivity index (χ3n) is 3.65. The Morgan fingerprint density at radius 2 is 1.89 bits per heavy atom. The van der Waals surface area contributed by atoms with Crippen LogP contribution >= 0.6 is 15.9 Å². The maximum absolute atomic E-state index is 12.6. The van der Waals surface area contributed by atoms with E-state index in [1.54, 1.807) is 0 Å². The van der Waals surface area contributed by atoms with Gasteiger partial charge in [0, 0.05) is 17.6 Å². The highest BCUT2D eigenvalue weighted by Gasteiger charge is 2.19. The number of hydrogen-bond acceptors (Lipinski definition) is 1. The van der Waals surface area contributed by atoms with Crippen LogP contribution in [-0.4, -0.2) is 23.9 Å². The summed E-state index contributed by atoms with van der Waals surface area (Å²) in [4.78, 5) is 14.6. The Kier molecular flexibility index (Phi) is 6.56. The fraction of sp³-hybridized carbons (Fsp3) is 0.562. The fourth-order valence-electron chi connectivity index (χ4n) is 2.19. The fourth-order valence-corrected chi connectivity index (χ4v) is 2.60. The highest BCUT2D eigenvalue weighted by Crippen LogP contribution is 2.21. The lowest BCUT2D eigenvalue weighted by molar-refractivity contribution is 0.0734. The number of carbonyl (C=O) groups excluding carboxylic acids is 1. The lowest BCUT2D eigenvalue weighted by atomic mass is 10.0. The molecule has 0 aliphatic carbocycles. The number of halogens is 1. The normalized spacial score (nSPS) is 10.8. The molecule has 0 aliphatic heterocycles. The molecule has 0 fully saturated rings. The summed E-state index contributed by atoms with van der Waals surface area (Å²) in [5.74, 6) is 0.720. The minimum absolute atomic E-state index is 0.130. The number of aryl methyl sites for hydroxylation is 1. The standard InChI is InChI=1S/C16H24BrNO/c1-5-13(6-2)11-18(7-3)16(19)14-10-12(4)8-9-15(14)17/h8-10,13H,5-7,11H2,1-4H3. The average molecular weight is 326 g/mol. The molecule has 0 aliphatic rings. The van der Waals surface area contributed by atoms with E-state index in [0.717, 1.165) is 41.5 Å². The van der Waals surface area contributed by atoms with Crippen LogP contribution in [0.1, 0.15) is 49.5 Å². The Morgan fingerprint density at radius 3 is 2.42 bits per heavy atom. The van der Waals surface area contributed by atoms with Crippen molar-refractivity contribution in [1.29, 1.82) is 0 Å². The maximum atomic E-state index is 12.6. The van der Waals surface area contributed by atoms with Crippen LogP contribution in [0.3, 0.4) is 0 Å². The molecule has 0 atom stereocenters. The van der Waals surface area contributed by atoms with Crippen LogP contribution in [0, 0.1) is 12.8 Å². The van der Waals surface area contributed by atoms with Gasteiger partial charge in [0.05, 0.1) is 5.56 Å². The summed E-state index contributed by atoms with van der Waals surface area (Å²) in [6, 6.07) is 5.92. The molecule has 0 saturated carbocycles. The first kappa shape index (κ1) is 16.2. The molecule has 19 heavy (non-hydrogen) atoms. The maximum Gasteiger partial charge on any atom is 0.255 e. The Labute approximate surface area is 125 Å². The molecule has 1 aromatic rings. The van der Waals surface area contributed by atoms with Crippen LogP contribution in [0.25, 0.3) is 0 Å². The molecule has 1 aromatic carbocycles. The molecular formula is C16H24BrNO. The van der Waals surface area contributed by atoms with Crippen molar-refractivity contribution in [3.05, 3.63) is 33.8 Å². The molecule has 3 heteroatoms. The van der Waals surface area contributed by atoms with Crippen molar-refractivity contribution in [1.82, 2.24) is 4.90 Å². The van der Waals surface area contributed by atoms with Gasteiger partial charge in [-0.05, 0) is 47.8 Å². The quantitative estimate of drug-likeness (QED) is 0.745. The van der Waals surface area contributed by atoms with Crippen LogP contribution in [0.15, 0.2) is 22.7 Å². The summed E-state index contributed by atoms with van der Waals surface area (Å²) in [7, 11) is 0. The van der Waals surface area contributed by atoms with Gasteiger partial charge in [0.1, 0.15) is 0 Å². The van der Waals surface area contributed by atoms with Crippen molar-refractivity contribution < 1.29 is 4.79 Å². The van der Waals surface area contributed by atoms with E-state index in [-0.39, 0.29) is 5.91 Å². The monoisotopic (exact) mass is 325 g/mol. The van der Waals surface area contributed by atoms with Gasteiger partial charge >= 0.3 is 0 Å². The Balaban J connectivity index is 2.92. The van der Waals surface area contributed by atoms with Crippen molar-refractivity contribution in [3.63, 3.8) is 0 Å². The Morgan fingerprint density at radius 1 is 1.26 bits per heavy atom. The minimum Gasteiger partial charge on any atom is -0.339 e.